The number of benzene rings is 3. The Labute approximate surface area is 270 Å². The van der Waals surface area contributed by atoms with Gasteiger partial charge >= 0.3 is 24.2 Å². The summed E-state index contributed by atoms with van der Waals surface area (Å²) >= 11 is 2.26. The molecule has 1 aliphatic rings. The molecule has 0 aliphatic heterocycles. The fourth-order valence-electron chi connectivity index (χ4n) is 4.51. The summed E-state index contributed by atoms with van der Waals surface area (Å²) in [6.45, 7) is -0.630. The Morgan fingerprint density at radius 1 is 0.755 bits per heavy atom. The first kappa shape index (κ1) is 37.8. The molecule has 4 nitrogen and oxygen atoms in total. The van der Waals surface area contributed by atoms with E-state index in [4.69, 9.17) is 0 Å². The van der Waals surface area contributed by atoms with Crippen LogP contribution in [-0.2, 0) is 11.8 Å². The van der Waals surface area contributed by atoms with E-state index in [9.17, 15) is 75.4 Å². The van der Waals surface area contributed by atoms with Gasteiger partial charge < -0.3 is 10.2 Å². The molecule has 0 spiro atoms. The highest BCUT2D eigenvalue weighted by molar-refractivity contribution is 9.10. The van der Waals surface area contributed by atoms with Gasteiger partial charge in [-0.15, -0.1) is 0 Å². The molecule has 3 aromatic carbocycles. The van der Waals surface area contributed by atoms with E-state index >= 15 is 4.39 Å². The van der Waals surface area contributed by atoms with Gasteiger partial charge in [-0.2, -0.15) is 39.5 Å². The van der Waals surface area contributed by atoms with Crippen molar-refractivity contribution in [3.05, 3.63) is 92.0 Å². The third-order valence-electron chi connectivity index (χ3n) is 7.13. The van der Waals surface area contributed by atoms with Crippen molar-refractivity contribution >= 4 is 39.1 Å². The summed E-state index contributed by atoms with van der Waals surface area (Å²) in [7, 11) is 0. The Bertz CT molecular complexity index is 1790. The molecule has 0 heterocycles. The van der Waals surface area contributed by atoms with Crippen LogP contribution in [0.1, 0.15) is 44.7 Å². The Morgan fingerprint density at radius 2 is 1.27 bits per heavy atom. The zero-order valence-electron chi connectivity index (χ0n) is 23.3. The number of carbonyl (C=O) groups excluding carboxylic acids is 2. The number of nitrogens with one attached hydrogen (secondary N) is 1. The number of hydrogen-bond acceptors (Lipinski definition) is 2. The summed E-state index contributed by atoms with van der Waals surface area (Å²) < 4.78 is 220. The maximum absolute atomic E-state index is 15.8. The smallest absolute Gasteiger partial charge is 0.320 e. The topological polar surface area (TPSA) is 49.4 Å². The zero-order valence-corrected chi connectivity index (χ0v) is 24.9. The number of amides is 2. The Balaban J connectivity index is 1.82. The highest BCUT2D eigenvalue weighted by Gasteiger charge is 2.73. The van der Waals surface area contributed by atoms with E-state index in [1.165, 1.54) is 5.32 Å². The van der Waals surface area contributed by atoms with Crippen molar-refractivity contribution in [1.29, 1.82) is 0 Å². The monoisotopic (exact) mass is 792 g/mol. The van der Waals surface area contributed by atoms with Gasteiger partial charge in [-0.1, -0.05) is 6.07 Å². The molecule has 49 heavy (non-hydrogen) atoms. The first-order chi connectivity index (χ1) is 22.3. The van der Waals surface area contributed by atoms with E-state index in [2.05, 4.69) is 15.9 Å². The molecule has 0 radical (unpaired) electrons. The number of nitrogens with zero attached hydrogens (tertiary/aromatic N) is 1. The average Bonchev–Trinajstić information content (AvgIpc) is 3.81. The first-order valence-electron chi connectivity index (χ1n) is 13.0. The molecule has 0 bridgehead atoms. The summed E-state index contributed by atoms with van der Waals surface area (Å²) in [4.78, 5) is 26.4. The van der Waals surface area contributed by atoms with Crippen LogP contribution in [0, 0.1) is 40.8 Å². The highest BCUT2D eigenvalue weighted by atomic mass is 79.9. The van der Waals surface area contributed by atoms with Crippen molar-refractivity contribution in [3.63, 3.8) is 0 Å². The third-order valence-corrected chi connectivity index (χ3v) is 7.76. The highest BCUT2D eigenvalue weighted by Crippen LogP contribution is 2.55. The van der Waals surface area contributed by atoms with Gasteiger partial charge in [0.1, 0.15) is 5.56 Å². The van der Waals surface area contributed by atoms with Gasteiger partial charge in [0.05, 0.1) is 22.5 Å². The maximum Gasteiger partial charge on any atom is 0.435 e. The van der Waals surface area contributed by atoms with Crippen LogP contribution in [-0.4, -0.2) is 30.7 Å². The molecule has 1 fully saturated rings. The minimum atomic E-state index is -6.83. The van der Waals surface area contributed by atoms with Gasteiger partial charge in [0.25, 0.3) is 11.8 Å². The summed E-state index contributed by atoms with van der Waals surface area (Å²) in [5.41, 5.74) is -17.4. The second-order valence-electron chi connectivity index (χ2n) is 10.4. The molecule has 2 amide bonds. The van der Waals surface area contributed by atoms with Crippen LogP contribution in [0.25, 0.3) is 0 Å². The van der Waals surface area contributed by atoms with E-state index in [1.54, 1.807) is 0 Å². The SMILES string of the molecule is O=C(Nc1c(Br)cc(C(F)(C(F)(F)F)C(F)(F)F)cc1C(F)(F)F)c1cccc(N(CC2CC2)C(=O)c2c(F)c(F)c(F)c(F)c2F)c1F. The molecule has 3 aromatic rings. The number of hydrogen-bond donors (Lipinski definition) is 1. The van der Waals surface area contributed by atoms with Crippen LogP contribution in [0.15, 0.2) is 34.8 Å². The van der Waals surface area contributed by atoms with E-state index in [1.807, 2.05) is 0 Å². The molecule has 21 heteroatoms. The van der Waals surface area contributed by atoms with Gasteiger partial charge in [-0.05, 0) is 59.0 Å². The largest absolute Gasteiger partial charge is 0.435 e. The second-order valence-corrected chi connectivity index (χ2v) is 11.3. The second kappa shape index (κ2) is 12.7. The molecule has 1 N–H and O–H groups in total. The summed E-state index contributed by atoms with van der Waals surface area (Å²) in [6.07, 6.45) is -18.9. The van der Waals surface area contributed by atoms with Crippen LogP contribution in [0.4, 0.5) is 81.6 Å². The third kappa shape index (κ3) is 6.77. The minimum Gasteiger partial charge on any atom is -0.320 e. The van der Waals surface area contributed by atoms with Gasteiger partial charge in [0.2, 0.25) is 5.82 Å². The molecule has 4 rings (SSSR count). The summed E-state index contributed by atoms with van der Waals surface area (Å²) in [5.74, 6) is -19.1. The molecule has 0 atom stereocenters. The maximum atomic E-state index is 15.8. The quantitative estimate of drug-likeness (QED) is 0.147. The number of halogens is 17. The first-order valence-corrected chi connectivity index (χ1v) is 13.8. The lowest BCUT2D eigenvalue weighted by Crippen LogP contribution is -2.50. The van der Waals surface area contributed by atoms with Crippen molar-refractivity contribution in [2.75, 3.05) is 16.8 Å². The van der Waals surface area contributed by atoms with Crippen LogP contribution >= 0.6 is 15.9 Å². The average molecular weight is 793 g/mol. The van der Waals surface area contributed by atoms with Crippen LogP contribution in [0.5, 0.6) is 0 Å². The Morgan fingerprint density at radius 3 is 1.73 bits per heavy atom. The molecule has 0 unspecified atom stereocenters. The van der Waals surface area contributed by atoms with E-state index in [0.717, 1.165) is 6.07 Å². The van der Waals surface area contributed by atoms with E-state index < -0.39 is 128 Å². The van der Waals surface area contributed by atoms with Gasteiger partial charge in [0, 0.05) is 16.6 Å². The van der Waals surface area contributed by atoms with Gasteiger partial charge in [-0.3, -0.25) is 9.59 Å². The van der Waals surface area contributed by atoms with Crippen LogP contribution < -0.4 is 10.2 Å². The zero-order chi connectivity index (χ0) is 37.2. The van der Waals surface area contributed by atoms with Gasteiger partial charge in [-0.25, -0.2) is 30.7 Å². The molecule has 0 saturated heterocycles. The predicted octanol–water partition coefficient (Wildman–Crippen LogP) is 9.90. The lowest BCUT2D eigenvalue weighted by atomic mass is 9.92. The van der Waals surface area contributed by atoms with Crippen molar-refractivity contribution in [1.82, 2.24) is 0 Å². The fraction of sp³-hybridized carbons (Fsp3) is 0.286. The minimum absolute atomic E-state index is 0.197. The molecule has 1 aliphatic carbocycles. The van der Waals surface area contributed by atoms with Crippen molar-refractivity contribution < 1.29 is 79.8 Å². The van der Waals surface area contributed by atoms with Crippen LogP contribution in [0.2, 0.25) is 0 Å². The standard InChI is InChI=1S/C28H13BrF16N2O2/c29-13-7-10(25(36,27(40,41)42)28(43,44)45)6-12(26(37,38)39)22(13)46-23(48)11-2-1-3-14(16(11)30)47(8-9-4-5-9)24(49)15-17(31)19(33)21(35)20(34)18(15)32/h1-3,6-7,9H,4-5,8H2,(H,46,48). The molecule has 0 aromatic heterocycles. The number of carbonyl (C=O) groups is 2. The lowest BCUT2D eigenvalue weighted by Gasteiger charge is -2.31. The van der Waals surface area contributed by atoms with E-state index in [0.29, 0.717) is 25.0 Å². The van der Waals surface area contributed by atoms with Crippen molar-refractivity contribution in [2.24, 2.45) is 5.92 Å². The van der Waals surface area contributed by atoms with Crippen molar-refractivity contribution in [3.8, 4) is 0 Å². The van der Waals surface area contributed by atoms with Crippen LogP contribution in [0.3, 0.4) is 0 Å². The van der Waals surface area contributed by atoms with Crippen molar-refractivity contribution in [2.45, 2.75) is 37.0 Å². The van der Waals surface area contributed by atoms with E-state index in [-0.39, 0.29) is 11.0 Å². The number of alkyl halides is 10. The molecular formula is C28H13BrF16N2O2. The van der Waals surface area contributed by atoms with Gasteiger partial charge in [0.15, 0.2) is 29.1 Å². The summed E-state index contributed by atoms with van der Waals surface area (Å²) in [6, 6.07) is 0.736. The predicted molar refractivity (Wildman–Crippen MR) is 139 cm³/mol. The Hall–Kier alpha value is -4.04. The molecule has 266 valence electrons. The molecule has 1 saturated carbocycles. The number of rotatable bonds is 7. The lowest BCUT2D eigenvalue weighted by molar-refractivity contribution is -0.348. The number of anilines is 2. The normalized spacial score (nSPS) is 14.2. The Kier molecular flexibility index (Phi) is 9.78. The molecular weight excluding hydrogens is 780 g/mol. The summed E-state index contributed by atoms with van der Waals surface area (Å²) in [5, 5.41) is 1.42. The fourth-order valence-corrected chi connectivity index (χ4v) is 5.06.